The number of benzene rings is 2. The van der Waals surface area contributed by atoms with Gasteiger partial charge in [-0.05, 0) is 67.3 Å². The van der Waals surface area contributed by atoms with E-state index in [1.807, 2.05) is 10.1 Å². The average molecular weight is 516 g/mol. The molecule has 4 aromatic rings. The number of thiazole rings is 2. The number of hydrogen-bond acceptors (Lipinski definition) is 7. The zero-order valence-corrected chi connectivity index (χ0v) is 20.2. The Morgan fingerprint density at radius 2 is 1.91 bits per heavy atom. The Balaban J connectivity index is 1.37. The van der Waals surface area contributed by atoms with E-state index >= 15 is 0 Å². The molecule has 0 amide bonds. The van der Waals surface area contributed by atoms with Crippen molar-refractivity contribution >= 4 is 43.8 Å². The first-order valence-electron chi connectivity index (χ1n) is 10.5. The van der Waals surface area contributed by atoms with Gasteiger partial charge >= 0.3 is 10.3 Å². The largest absolute Gasteiger partial charge is 0.357 e. The van der Waals surface area contributed by atoms with Crippen LogP contribution in [-0.2, 0) is 16.7 Å². The van der Waals surface area contributed by atoms with Crippen LogP contribution in [0.3, 0.4) is 0 Å². The number of halogens is 1. The second kappa shape index (κ2) is 9.41. The Labute approximate surface area is 204 Å². The molecule has 1 saturated carbocycles. The third-order valence-electron chi connectivity index (χ3n) is 5.31. The molecule has 0 saturated heterocycles. The first-order chi connectivity index (χ1) is 16.3. The van der Waals surface area contributed by atoms with Gasteiger partial charge in [0, 0.05) is 22.2 Å². The summed E-state index contributed by atoms with van der Waals surface area (Å²) in [4.78, 5) is 9.53. The number of nitrogens with zero attached hydrogens (tertiary/aromatic N) is 2. The Morgan fingerprint density at radius 1 is 1.12 bits per heavy atom. The van der Waals surface area contributed by atoms with Crippen molar-refractivity contribution in [2.75, 3.05) is 10.0 Å². The van der Waals surface area contributed by atoms with E-state index in [-0.39, 0.29) is 17.5 Å². The zero-order chi connectivity index (χ0) is 23.7. The topological polar surface area (TPSA) is 104 Å². The van der Waals surface area contributed by atoms with Gasteiger partial charge in [-0.25, -0.2) is 14.4 Å². The van der Waals surface area contributed by atoms with Gasteiger partial charge in [0.15, 0.2) is 5.13 Å². The Bertz CT molecular complexity index is 1380. The van der Waals surface area contributed by atoms with Crippen LogP contribution in [0.15, 0.2) is 53.2 Å². The number of aromatic nitrogens is 2. The standard InChI is InChI=1S/C23H20FN4O3S3/c24-17-7-5-15(6-8-17)20-12-33-23(27-20)26-19(21-13-32-22(25-21)16-3-4-16)11-14-1-9-18(10-2-14)28-34(29,30)31/h1,5-10,12-13,16,19,28H,3-4,11H2,(H,26,27)(H,29,30,31). The van der Waals surface area contributed by atoms with Gasteiger partial charge in [-0.2, -0.15) is 8.42 Å². The number of hydrogen-bond donors (Lipinski definition) is 3. The molecule has 175 valence electrons. The van der Waals surface area contributed by atoms with E-state index in [0.717, 1.165) is 32.7 Å². The van der Waals surface area contributed by atoms with Gasteiger partial charge in [0.05, 0.1) is 28.1 Å². The zero-order valence-electron chi connectivity index (χ0n) is 17.7. The van der Waals surface area contributed by atoms with Gasteiger partial charge in [0.1, 0.15) is 5.82 Å². The van der Waals surface area contributed by atoms with E-state index in [9.17, 15) is 12.8 Å². The highest BCUT2D eigenvalue weighted by Gasteiger charge is 2.28. The molecule has 1 radical (unpaired) electrons. The summed E-state index contributed by atoms with van der Waals surface area (Å²) in [6.07, 6.45) is 2.90. The Kier molecular flexibility index (Phi) is 6.34. The van der Waals surface area contributed by atoms with Gasteiger partial charge in [0.2, 0.25) is 0 Å². The maximum Gasteiger partial charge on any atom is 0.357 e. The minimum Gasteiger partial charge on any atom is -0.353 e. The van der Waals surface area contributed by atoms with Gasteiger partial charge in [-0.1, -0.05) is 6.07 Å². The SMILES string of the molecule is O=S(=O)(O)Nc1c[c]c(CC(Nc2nc(-c3ccc(F)cc3)cs2)c2csc(C3CC3)n2)cc1. The summed E-state index contributed by atoms with van der Waals surface area (Å²) in [5.74, 6) is 0.267. The molecular weight excluding hydrogens is 495 g/mol. The van der Waals surface area contributed by atoms with E-state index in [1.54, 1.807) is 35.6 Å². The molecule has 2 aromatic carbocycles. The van der Waals surface area contributed by atoms with Crippen LogP contribution in [0.5, 0.6) is 0 Å². The molecule has 1 aliphatic rings. The lowest BCUT2D eigenvalue weighted by molar-refractivity contribution is 0.489. The molecule has 5 rings (SSSR count). The minimum atomic E-state index is -4.34. The monoisotopic (exact) mass is 515 g/mol. The average Bonchev–Trinajstić information content (AvgIpc) is 3.34. The van der Waals surface area contributed by atoms with E-state index < -0.39 is 10.3 Å². The fourth-order valence-electron chi connectivity index (χ4n) is 3.47. The van der Waals surface area contributed by atoms with E-state index in [1.165, 1.54) is 42.4 Å². The van der Waals surface area contributed by atoms with Crippen molar-refractivity contribution in [3.63, 3.8) is 0 Å². The fourth-order valence-corrected chi connectivity index (χ4v) is 5.71. The Morgan fingerprint density at radius 3 is 2.59 bits per heavy atom. The van der Waals surface area contributed by atoms with Crippen molar-refractivity contribution in [2.45, 2.75) is 31.2 Å². The van der Waals surface area contributed by atoms with E-state index in [0.29, 0.717) is 12.3 Å². The first kappa shape index (κ1) is 22.9. The second-order valence-electron chi connectivity index (χ2n) is 8.01. The van der Waals surface area contributed by atoms with Crippen molar-refractivity contribution < 1.29 is 17.4 Å². The quantitative estimate of drug-likeness (QED) is 0.247. The molecule has 34 heavy (non-hydrogen) atoms. The van der Waals surface area contributed by atoms with Crippen molar-refractivity contribution in [3.05, 3.63) is 81.4 Å². The van der Waals surface area contributed by atoms with Crippen LogP contribution >= 0.6 is 22.7 Å². The van der Waals surface area contributed by atoms with Crippen molar-refractivity contribution in [1.82, 2.24) is 9.97 Å². The van der Waals surface area contributed by atoms with Gasteiger partial charge in [-0.15, -0.1) is 22.7 Å². The van der Waals surface area contributed by atoms with Crippen LogP contribution in [0.1, 0.15) is 41.1 Å². The van der Waals surface area contributed by atoms with Crippen LogP contribution in [0, 0.1) is 11.9 Å². The summed E-state index contributed by atoms with van der Waals surface area (Å²) in [6, 6.07) is 13.9. The lowest BCUT2D eigenvalue weighted by Gasteiger charge is -2.17. The summed E-state index contributed by atoms with van der Waals surface area (Å²) < 4.78 is 46.3. The van der Waals surface area contributed by atoms with Gasteiger partial charge in [-0.3, -0.25) is 9.27 Å². The third-order valence-corrected chi connectivity index (χ3v) is 7.61. The predicted octanol–water partition coefficient (Wildman–Crippen LogP) is 5.69. The summed E-state index contributed by atoms with van der Waals surface area (Å²) >= 11 is 3.12. The highest BCUT2D eigenvalue weighted by molar-refractivity contribution is 7.87. The molecule has 1 atom stereocenters. The van der Waals surface area contributed by atoms with Gasteiger partial charge in [0.25, 0.3) is 0 Å². The maximum atomic E-state index is 13.3. The smallest absolute Gasteiger partial charge is 0.353 e. The first-order valence-corrected chi connectivity index (χ1v) is 13.7. The molecule has 2 aromatic heterocycles. The lowest BCUT2D eigenvalue weighted by Crippen LogP contribution is -2.15. The molecule has 1 fully saturated rings. The molecule has 1 aliphatic carbocycles. The maximum absolute atomic E-state index is 13.3. The number of anilines is 2. The minimum absolute atomic E-state index is 0.174. The molecule has 0 bridgehead atoms. The molecule has 11 heteroatoms. The van der Waals surface area contributed by atoms with E-state index in [4.69, 9.17) is 9.54 Å². The highest BCUT2D eigenvalue weighted by Crippen LogP contribution is 2.42. The second-order valence-corrected chi connectivity index (χ2v) is 10.9. The van der Waals surface area contributed by atoms with Gasteiger partial charge < -0.3 is 5.32 Å². The molecule has 2 heterocycles. The molecular formula is C23H20FN4O3S3. The van der Waals surface area contributed by atoms with Crippen LogP contribution in [0.25, 0.3) is 11.3 Å². The summed E-state index contributed by atoms with van der Waals surface area (Å²) in [5.41, 5.74) is 3.58. The summed E-state index contributed by atoms with van der Waals surface area (Å²) in [7, 11) is -4.34. The molecule has 0 aliphatic heterocycles. The Hall–Kier alpha value is -2.86. The molecule has 3 N–H and O–H groups in total. The normalized spacial score (nSPS) is 14.6. The van der Waals surface area contributed by atoms with Crippen molar-refractivity contribution in [2.24, 2.45) is 0 Å². The third kappa shape index (κ3) is 5.79. The van der Waals surface area contributed by atoms with Crippen LogP contribution in [0.2, 0.25) is 0 Å². The van der Waals surface area contributed by atoms with E-state index in [2.05, 4.69) is 21.7 Å². The van der Waals surface area contributed by atoms with Crippen molar-refractivity contribution in [1.29, 1.82) is 0 Å². The number of nitrogens with one attached hydrogen (secondary N) is 2. The predicted molar refractivity (Wildman–Crippen MR) is 132 cm³/mol. The number of rotatable bonds is 9. The van der Waals surface area contributed by atoms with Crippen LogP contribution in [-0.4, -0.2) is 22.9 Å². The summed E-state index contributed by atoms with van der Waals surface area (Å²) in [5, 5.41) is 9.32. The molecule has 0 spiro atoms. The summed E-state index contributed by atoms with van der Waals surface area (Å²) in [6.45, 7) is 0. The molecule has 1 unspecified atom stereocenters. The fraction of sp³-hybridized carbons (Fsp3) is 0.217. The van der Waals surface area contributed by atoms with Crippen LogP contribution in [0.4, 0.5) is 15.2 Å². The highest BCUT2D eigenvalue weighted by atomic mass is 32.2. The van der Waals surface area contributed by atoms with Crippen molar-refractivity contribution in [3.8, 4) is 11.3 Å². The van der Waals surface area contributed by atoms with Crippen LogP contribution < -0.4 is 10.0 Å². The lowest BCUT2D eigenvalue weighted by atomic mass is 10.0. The molecule has 7 nitrogen and oxygen atoms in total.